The maximum atomic E-state index is 12.9. The van der Waals surface area contributed by atoms with Crippen molar-refractivity contribution in [3.63, 3.8) is 0 Å². The van der Waals surface area contributed by atoms with Crippen LogP contribution in [0.4, 0.5) is 14.9 Å². The molecule has 0 saturated carbocycles. The van der Waals surface area contributed by atoms with E-state index in [-0.39, 0.29) is 17.7 Å². The first-order valence-corrected chi connectivity index (χ1v) is 8.10. The Bertz CT molecular complexity index is 722. The van der Waals surface area contributed by atoms with Gasteiger partial charge in [0.05, 0.1) is 11.6 Å². The summed E-state index contributed by atoms with van der Waals surface area (Å²) in [6, 6.07) is 9.52. The number of nitrogens with one attached hydrogen (secondary N) is 2. The molecule has 0 spiro atoms. The molecule has 0 aliphatic heterocycles. The van der Waals surface area contributed by atoms with Crippen LogP contribution in [0, 0.1) is 12.7 Å². The van der Waals surface area contributed by atoms with Gasteiger partial charge in [0.2, 0.25) is 0 Å². The highest BCUT2D eigenvalue weighted by molar-refractivity contribution is 6.32. The number of carbonyl (C=O) groups is 1. The van der Waals surface area contributed by atoms with Crippen LogP contribution in [0.1, 0.15) is 18.1 Å². The van der Waals surface area contributed by atoms with Crippen molar-refractivity contribution in [2.75, 3.05) is 18.5 Å². The molecule has 0 heterocycles. The van der Waals surface area contributed by atoms with E-state index in [4.69, 9.17) is 16.3 Å². The van der Waals surface area contributed by atoms with Gasteiger partial charge in [0.1, 0.15) is 18.2 Å². The van der Waals surface area contributed by atoms with E-state index in [1.807, 2.05) is 32.0 Å². The number of hydrogen-bond donors (Lipinski definition) is 2. The SMILES string of the molecule is CCc1cccc(C)c1NC(=O)NCCOc1ccc(F)cc1Cl. The van der Waals surface area contributed by atoms with Crippen LogP contribution < -0.4 is 15.4 Å². The third-order valence-corrected chi connectivity index (χ3v) is 3.81. The van der Waals surface area contributed by atoms with Gasteiger partial charge >= 0.3 is 6.03 Å². The number of para-hydroxylation sites is 1. The molecule has 0 saturated heterocycles. The van der Waals surface area contributed by atoms with E-state index < -0.39 is 5.82 Å². The van der Waals surface area contributed by atoms with E-state index >= 15 is 0 Å². The molecular weight excluding hydrogens is 331 g/mol. The van der Waals surface area contributed by atoms with Crippen LogP contribution in [0.25, 0.3) is 0 Å². The van der Waals surface area contributed by atoms with E-state index in [0.29, 0.717) is 12.3 Å². The molecule has 2 N–H and O–H groups in total. The number of hydrogen-bond acceptors (Lipinski definition) is 2. The molecule has 0 fully saturated rings. The van der Waals surface area contributed by atoms with Crippen LogP contribution >= 0.6 is 11.6 Å². The Kier molecular flexibility index (Phi) is 6.44. The molecule has 2 rings (SSSR count). The minimum absolute atomic E-state index is 0.201. The highest BCUT2D eigenvalue weighted by Gasteiger charge is 2.08. The van der Waals surface area contributed by atoms with Crippen molar-refractivity contribution in [1.82, 2.24) is 5.32 Å². The van der Waals surface area contributed by atoms with E-state index in [0.717, 1.165) is 23.2 Å². The Hall–Kier alpha value is -2.27. The van der Waals surface area contributed by atoms with E-state index in [9.17, 15) is 9.18 Å². The highest BCUT2D eigenvalue weighted by atomic mass is 35.5. The average Bonchev–Trinajstić information content (AvgIpc) is 2.55. The lowest BCUT2D eigenvalue weighted by Gasteiger charge is -2.14. The Morgan fingerprint density at radius 2 is 2.08 bits per heavy atom. The number of urea groups is 1. The van der Waals surface area contributed by atoms with Gasteiger partial charge in [-0.2, -0.15) is 0 Å². The second kappa shape index (κ2) is 8.55. The number of ether oxygens (including phenoxy) is 1. The number of aryl methyl sites for hydroxylation is 2. The quantitative estimate of drug-likeness (QED) is 0.751. The first-order chi connectivity index (χ1) is 11.5. The predicted molar refractivity (Wildman–Crippen MR) is 94.5 cm³/mol. The molecule has 0 aromatic heterocycles. The number of benzene rings is 2. The van der Waals surface area contributed by atoms with E-state index in [1.165, 1.54) is 18.2 Å². The molecule has 0 aliphatic carbocycles. The first kappa shape index (κ1) is 18.1. The summed E-state index contributed by atoms with van der Waals surface area (Å²) in [6.45, 7) is 4.52. The average molecular weight is 351 g/mol. The second-order valence-corrected chi connectivity index (χ2v) is 5.67. The molecule has 0 bridgehead atoms. The lowest BCUT2D eigenvalue weighted by atomic mass is 10.1. The molecule has 0 atom stereocenters. The van der Waals surface area contributed by atoms with Crippen molar-refractivity contribution in [3.05, 3.63) is 58.4 Å². The van der Waals surface area contributed by atoms with Gasteiger partial charge in [0.25, 0.3) is 0 Å². The number of rotatable bonds is 6. The summed E-state index contributed by atoms with van der Waals surface area (Å²) in [4.78, 5) is 12.0. The molecule has 2 aromatic carbocycles. The minimum Gasteiger partial charge on any atom is -0.490 e. The van der Waals surface area contributed by atoms with Gasteiger partial charge in [0, 0.05) is 5.69 Å². The number of anilines is 1. The fourth-order valence-electron chi connectivity index (χ4n) is 2.28. The zero-order valence-corrected chi connectivity index (χ0v) is 14.4. The summed E-state index contributed by atoms with van der Waals surface area (Å²) in [6.07, 6.45) is 0.837. The maximum absolute atomic E-state index is 12.9. The Morgan fingerprint density at radius 3 is 2.79 bits per heavy atom. The molecule has 2 amide bonds. The van der Waals surface area contributed by atoms with Crippen LogP contribution in [0.15, 0.2) is 36.4 Å². The zero-order chi connectivity index (χ0) is 17.5. The molecule has 4 nitrogen and oxygen atoms in total. The molecular formula is C18H20ClFN2O2. The van der Waals surface area contributed by atoms with Crippen LogP contribution in [0.2, 0.25) is 5.02 Å². The van der Waals surface area contributed by atoms with Gasteiger partial charge in [-0.1, -0.05) is 36.7 Å². The predicted octanol–water partition coefficient (Wildman–Crippen LogP) is 4.55. The van der Waals surface area contributed by atoms with Crippen LogP contribution in [0.5, 0.6) is 5.75 Å². The maximum Gasteiger partial charge on any atom is 0.319 e. The number of halogens is 2. The van der Waals surface area contributed by atoms with Gasteiger partial charge in [-0.05, 0) is 42.7 Å². The normalized spacial score (nSPS) is 10.3. The topological polar surface area (TPSA) is 50.4 Å². The monoisotopic (exact) mass is 350 g/mol. The molecule has 24 heavy (non-hydrogen) atoms. The summed E-state index contributed by atoms with van der Waals surface area (Å²) in [5.41, 5.74) is 2.93. The van der Waals surface area contributed by atoms with Crippen LogP contribution in [-0.4, -0.2) is 19.2 Å². The lowest BCUT2D eigenvalue weighted by molar-refractivity contribution is 0.247. The zero-order valence-electron chi connectivity index (χ0n) is 13.7. The van der Waals surface area contributed by atoms with Crippen molar-refractivity contribution >= 4 is 23.3 Å². The van der Waals surface area contributed by atoms with E-state index in [1.54, 1.807) is 0 Å². The largest absolute Gasteiger partial charge is 0.490 e. The molecule has 6 heteroatoms. The Morgan fingerprint density at radius 1 is 1.29 bits per heavy atom. The van der Waals surface area contributed by atoms with Crippen molar-refractivity contribution < 1.29 is 13.9 Å². The fraction of sp³-hybridized carbons (Fsp3) is 0.278. The summed E-state index contributed by atoms with van der Waals surface area (Å²) in [7, 11) is 0. The molecule has 128 valence electrons. The Labute approximate surface area is 146 Å². The third kappa shape index (κ3) is 4.86. The summed E-state index contributed by atoms with van der Waals surface area (Å²) in [5.74, 6) is -0.0396. The van der Waals surface area contributed by atoms with Gasteiger partial charge in [0.15, 0.2) is 0 Å². The first-order valence-electron chi connectivity index (χ1n) is 7.72. The van der Waals surface area contributed by atoms with Crippen molar-refractivity contribution in [3.8, 4) is 5.75 Å². The highest BCUT2D eigenvalue weighted by Crippen LogP contribution is 2.24. The minimum atomic E-state index is -0.421. The molecule has 0 radical (unpaired) electrons. The molecule has 0 aliphatic rings. The van der Waals surface area contributed by atoms with Gasteiger partial charge in [-0.3, -0.25) is 0 Å². The van der Waals surface area contributed by atoms with Crippen molar-refractivity contribution in [2.24, 2.45) is 0 Å². The van der Waals surface area contributed by atoms with E-state index in [2.05, 4.69) is 10.6 Å². The van der Waals surface area contributed by atoms with Gasteiger partial charge in [-0.15, -0.1) is 0 Å². The standard InChI is InChI=1S/C18H20ClFN2O2/c1-3-13-6-4-5-12(2)17(13)22-18(23)21-9-10-24-16-8-7-14(20)11-15(16)19/h4-8,11H,3,9-10H2,1-2H3,(H2,21,22,23). The summed E-state index contributed by atoms with van der Waals surface area (Å²) in [5, 5.41) is 5.79. The Balaban J connectivity index is 1.82. The smallest absolute Gasteiger partial charge is 0.319 e. The van der Waals surface area contributed by atoms with Crippen LogP contribution in [-0.2, 0) is 6.42 Å². The molecule has 0 unspecified atom stereocenters. The van der Waals surface area contributed by atoms with Crippen molar-refractivity contribution in [2.45, 2.75) is 20.3 Å². The molecule has 2 aromatic rings. The number of amides is 2. The second-order valence-electron chi connectivity index (χ2n) is 5.27. The van der Waals surface area contributed by atoms with Gasteiger partial charge in [-0.25, -0.2) is 9.18 Å². The summed E-state index contributed by atoms with van der Waals surface area (Å²) >= 11 is 5.86. The fourth-order valence-corrected chi connectivity index (χ4v) is 2.50. The number of carbonyl (C=O) groups excluding carboxylic acids is 1. The summed E-state index contributed by atoms with van der Waals surface area (Å²) < 4.78 is 18.4. The third-order valence-electron chi connectivity index (χ3n) is 3.52. The van der Waals surface area contributed by atoms with Gasteiger partial charge < -0.3 is 15.4 Å². The van der Waals surface area contributed by atoms with Crippen molar-refractivity contribution in [1.29, 1.82) is 0 Å². The lowest BCUT2D eigenvalue weighted by Crippen LogP contribution is -2.32. The van der Waals surface area contributed by atoms with Crippen LogP contribution in [0.3, 0.4) is 0 Å².